The summed E-state index contributed by atoms with van der Waals surface area (Å²) >= 11 is 0. The van der Waals surface area contributed by atoms with Crippen LogP contribution in [0.15, 0.2) is 54.7 Å². The zero-order chi connectivity index (χ0) is 16.2. The van der Waals surface area contributed by atoms with Crippen LogP contribution in [0.25, 0.3) is 10.9 Å². The Kier molecular flexibility index (Phi) is 4.19. The third kappa shape index (κ3) is 3.13. The molecule has 23 heavy (non-hydrogen) atoms. The van der Waals surface area contributed by atoms with Crippen molar-refractivity contribution in [3.05, 3.63) is 54.7 Å². The van der Waals surface area contributed by atoms with E-state index in [1.165, 1.54) is 0 Å². The van der Waals surface area contributed by atoms with E-state index in [1.54, 1.807) is 14.2 Å². The van der Waals surface area contributed by atoms with Crippen molar-refractivity contribution < 1.29 is 14.3 Å². The number of nitrogens with one attached hydrogen (secondary N) is 1. The first-order valence-corrected chi connectivity index (χ1v) is 7.27. The van der Waals surface area contributed by atoms with Crippen LogP contribution in [-0.4, -0.2) is 24.7 Å². The Labute approximate surface area is 134 Å². The minimum absolute atomic E-state index is 0.109. The molecule has 1 amide bonds. The molecule has 0 saturated carbocycles. The molecular formula is C18H18N2O3. The molecule has 1 heterocycles. The number of ether oxygens (including phenoxy) is 2. The molecule has 5 heteroatoms. The normalized spacial score (nSPS) is 10.5. The van der Waals surface area contributed by atoms with Crippen molar-refractivity contribution in [1.29, 1.82) is 0 Å². The number of anilines is 1. The summed E-state index contributed by atoms with van der Waals surface area (Å²) in [5.41, 5.74) is 1.65. The molecule has 2 aromatic carbocycles. The van der Waals surface area contributed by atoms with Crippen molar-refractivity contribution in [2.45, 2.75) is 6.54 Å². The average molecular weight is 310 g/mol. The van der Waals surface area contributed by atoms with Crippen LogP contribution in [0, 0.1) is 0 Å². The maximum absolute atomic E-state index is 12.3. The monoisotopic (exact) mass is 310 g/mol. The van der Waals surface area contributed by atoms with Crippen LogP contribution < -0.4 is 14.8 Å². The van der Waals surface area contributed by atoms with Gasteiger partial charge in [-0.2, -0.15) is 0 Å². The third-order valence-corrected chi connectivity index (χ3v) is 3.67. The summed E-state index contributed by atoms with van der Waals surface area (Å²) in [6, 6.07) is 15.1. The SMILES string of the molecule is COc1ccc2c(ccn2CC(=O)Nc2ccccc2OC)c1. The molecule has 5 nitrogen and oxygen atoms in total. The topological polar surface area (TPSA) is 52.5 Å². The number of hydrogen-bond donors (Lipinski definition) is 1. The molecule has 1 N–H and O–H groups in total. The maximum Gasteiger partial charge on any atom is 0.244 e. The van der Waals surface area contributed by atoms with Gasteiger partial charge in [0.2, 0.25) is 5.91 Å². The molecule has 0 saturated heterocycles. The summed E-state index contributed by atoms with van der Waals surface area (Å²) < 4.78 is 12.4. The van der Waals surface area contributed by atoms with Crippen LogP contribution in [0.2, 0.25) is 0 Å². The number of nitrogens with zero attached hydrogens (tertiary/aromatic N) is 1. The first kappa shape index (κ1) is 15.0. The average Bonchev–Trinajstić information content (AvgIpc) is 2.97. The van der Waals surface area contributed by atoms with Crippen LogP contribution in [0.1, 0.15) is 0 Å². The zero-order valence-electron chi connectivity index (χ0n) is 13.1. The van der Waals surface area contributed by atoms with Gasteiger partial charge >= 0.3 is 0 Å². The molecule has 1 aromatic heterocycles. The maximum atomic E-state index is 12.3. The van der Waals surface area contributed by atoms with Gasteiger partial charge in [0, 0.05) is 17.1 Å². The number of carbonyl (C=O) groups excluding carboxylic acids is 1. The number of benzene rings is 2. The van der Waals surface area contributed by atoms with Gasteiger partial charge in [0.05, 0.1) is 19.9 Å². The van der Waals surface area contributed by atoms with Crippen molar-refractivity contribution in [1.82, 2.24) is 4.57 Å². The summed E-state index contributed by atoms with van der Waals surface area (Å²) in [6.45, 7) is 0.230. The van der Waals surface area contributed by atoms with E-state index < -0.39 is 0 Å². The fraction of sp³-hybridized carbons (Fsp3) is 0.167. The summed E-state index contributed by atoms with van der Waals surface area (Å²) in [7, 11) is 3.22. The van der Waals surface area contributed by atoms with Crippen LogP contribution in [0.5, 0.6) is 11.5 Å². The molecule has 0 aliphatic carbocycles. The van der Waals surface area contributed by atoms with Gasteiger partial charge in [0.25, 0.3) is 0 Å². The predicted molar refractivity (Wildman–Crippen MR) is 90.1 cm³/mol. The molecule has 118 valence electrons. The summed E-state index contributed by atoms with van der Waals surface area (Å²) in [6.07, 6.45) is 1.89. The van der Waals surface area contributed by atoms with Crippen molar-refractivity contribution in [3.8, 4) is 11.5 Å². The zero-order valence-corrected chi connectivity index (χ0v) is 13.1. The Morgan fingerprint density at radius 3 is 2.70 bits per heavy atom. The lowest BCUT2D eigenvalue weighted by Crippen LogP contribution is -2.18. The second-order valence-electron chi connectivity index (χ2n) is 5.12. The Hall–Kier alpha value is -2.95. The van der Waals surface area contributed by atoms with E-state index in [4.69, 9.17) is 9.47 Å². The van der Waals surface area contributed by atoms with E-state index >= 15 is 0 Å². The van der Waals surface area contributed by atoms with E-state index in [9.17, 15) is 4.79 Å². The van der Waals surface area contributed by atoms with Gasteiger partial charge in [-0.05, 0) is 36.4 Å². The van der Waals surface area contributed by atoms with E-state index in [0.29, 0.717) is 11.4 Å². The highest BCUT2D eigenvalue weighted by molar-refractivity contribution is 5.93. The number of amides is 1. The first-order chi connectivity index (χ1) is 11.2. The molecule has 0 spiro atoms. The molecule has 3 rings (SSSR count). The van der Waals surface area contributed by atoms with Crippen molar-refractivity contribution >= 4 is 22.5 Å². The Balaban J connectivity index is 1.78. The number of fused-ring (bicyclic) bond motifs is 1. The number of rotatable bonds is 5. The highest BCUT2D eigenvalue weighted by atomic mass is 16.5. The van der Waals surface area contributed by atoms with Gasteiger partial charge in [-0.25, -0.2) is 0 Å². The van der Waals surface area contributed by atoms with Crippen LogP contribution in [-0.2, 0) is 11.3 Å². The van der Waals surface area contributed by atoms with E-state index in [2.05, 4.69) is 5.32 Å². The first-order valence-electron chi connectivity index (χ1n) is 7.27. The summed E-state index contributed by atoms with van der Waals surface area (Å²) in [5, 5.41) is 3.91. The minimum atomic E-state index is -0.109. The van der Waals surface area contributed by atoms with Crippen LogP contribution in [0.4, 0.5) is 5.69 Å². The molecule has 0 aliphatic rings. The molecule has 0 aliphatic heterocycles. The Bertz CT molecular complexity index is 839. The second-order valence-corrected chi connectivity index (χ2v) is 5.12. The van der Waals surface area contributed by atoms with Crippen LogP contribution in [0.3, 0.4) is 0 Å². The number of para-hydroxylation sites is 2. The van der Waals surface area contributed by atoms with Gasteiger partial charge < -0.3 is 19.4 Å². The lowest BCUT2D eigenvalue weighted by Gasteiger charge is -2.11. The Morgan fingerprint density at radius 1 is 1.09 bits per heavy atom. The predicted octanol–water partition coefficient (Wildman–Crippen LogP) is 3.30. The second kappa shape index (κ2) is 6.44. The third-order valence-electron chi connectivity index (χ3n) is 3.67. The number of carbonyl (C=O) groups is 1. The van der Waals surface area contributed by atoms with Crippen LogP contribution >= 0.6 is 0 Å². The number of hydrogen-bond acceptors (Lipinski definition) is 3. The van der Waals surface area contributed by atoms with Crippen molar-refractivity contribution in [2.24, 2.45) is 0 Å². The standard InChI is InChI=1S/C18H18N2O3/c1-22-14-7-8-16-13(11-14)9-10-20(16)12-18(21)19-15-5-3-4-6-17(15)23-2/h3-11H,12H2,1-2H3,(H,19,21). The molecule has 3 aromatic rings. The van der Waals surface area contributed by atoms with Crippen molar-refractivity contribution in [3.63, 3.8) is 0 Å². The molecule has 0 fully saturated rings. The van der Waals surface area contributed by atoms with Gasteiger partial charge in [0.1, 0.15) is 18.0 Å². The van der Waals surface area contributed by atoms with Gasteiger partial charge in [0.15, 0.2) is 0 Å². The van der Waals surface area contributed by atoms with E-state index in [1.807, 2.05) is 59.3 Å². The fourth-order valence-electron chi connectivity index (χ4n) is 2.54. The van der Waals surface area contributed by atoms with E-state index in [0.717, 1.165) is 16.7 Å². The lowest BCUT2D eigenvalue weighted by atomic mass is 10.2. The largest absolute Gasteiger partial charge is 0.497 e. The summed E-state index contributed by atoms with van der Waals surface area (Å²) in [4.78, 5) is 12.3. The minimum Gasteiger partial charge on any atom is -0.497 e. The highest BCUT2D eigenvalue weighted by Crippen LogP contribution is 2.24. The summed E-state index contributed by atoms with van der Waals surface area (Å²) in [5.74, 6) is 1.33. The molecule has 0 unspecified atom stereocenters. The quantitative estimate of drug-likeness (QED) is 0.786. The Morgan fingerprint density at radius 2 is 1.91 bits per heavy atom. The molecule has 0 radical (unpaired) electrons. The van der Waals surface area contributed by atoms with Gasteiger partial charge in [-0.1, -0.05) is 12.1 Å². The fourth-order valence-corrected chi connectivity index (χ4v) is 2.54. The highest BCUT2D eigenvalue weighted by Gasteiger charge is 2.09. The molecule has 0 bridgehead atoms. The number of aromatic nitrogens is 1. The van der Waals surface area contributed by atoms with Crippen molar-refractivity contribution in [2.75, 3.05) is 19.5 Å². The lowest BCUT2D eigenvalue weighted by molar-refractivity contribution is -0.116. The van der Waals surface area contributed by atoms with E-state index in [-0.39, 0.29) is 12.5 Å². The smallest absolute Gasteiger partial charge is 0.244 e. The molecular weight excluding hydrogens is 292 g/mol. The van der Waals surface area contributed by atoms with Gasteiger partial charge in [-0.15, -0.1) is 0 Å². The number of methoxy groups -OCH3 is 2. The van der Waals surface area contributed by atoms with Gasteiger partial charge in [-0.3, -0.25) is 4.79 Å². The molecule has 0 atom stereocenters.